The monoisotopic (exact) mass is 229 g/mol. The normalized spacial score (nSPS) is 10.0. The summed E-state index contributed by atoms with van der Waals surface area (Å²) < 4.78 is 0. The molecule has 0 aliphatic heterocycles. The van der Waals surface area contributed by atoms with Gasteiger partial charge in [0.25, 0.3) is 0 Å². The van der Waals surface area contributed by atoms with Crippen molar-refractivity contribution in [2.45, 2.75) is 40.5 Å². The molecule has 2 aromatic rings. The van der Waals surface area contributed by atoms with Gasteiger partial charge in [-0.1, -0.05) is 57.5 Å². The van der Waals surface area contributed by atoms with Gasteiger partial charge in [0, 0.05) is 11.9 Å². The predicted molar refractivity (Wildman–Crippen MR) is 76.4 cm³/mol. The average Bonchev–Trinajstić information content (AvgIpc) is 2.82. The maximum Gasteiger partial charge on any atom is 0.0179 e. The van der Waals surface area contributed by atoms with Crippen LogP contribution in [-0.2, 0) is 0 Å². The third-order valence-corrected chi connectivity index (χ3v) is 2.71. The summed E-state index contributed by atoms with van der Waals surface area (Å²) >= 11 is 0. The van der Waals surface area contributed by atoms with Crippen LogP contribution in [0.15, 0.2) is 36.5 Å². The van der Waals surface area contributed by atoms with Crippen LogP contribution < -0.4 is 0 Å². The molecule has 1 aromatic heterocycles. The van der Waals surface area contributed by atoms with Crippen LogP contribution in [-0.4, -0.2) is 4.98 Å². The quantitative estimate of drug-likeness (QED) is 0.734. The molecule has 0 atom stereocenters. The fraction of sp³-hybridized carbons (Fsp3) is 0.375. The third kappa shape index (κ3) is 3.48. The van der Waals surface area contributed by atoms with Gasteiger partial charge in [0.15, 0.2) is 0 Å². The topological polar surface area (TPSA) is 15.8 Å². The van der Waals surface area contributed by atoms with Crippen molar-refractivity contribution >= 4 is 0 Å². The lowest BCUT2D eigenvalue weighted by molar-refractivity contribution is 0.833. The van der Waals surface area contributed by atoms with Crippen molar-refractivity contribution in [3.63, 3.8) is 0 Å². The summed E-state index contributed by atoms with van der Waals surface area (Å²) in [6.45, 7) is 10.5. The molecule has 0 amide bonds. The highest BCUT2D eigenvalue weighted by Crippen LogP contribution is 2.23. The Morgan fingerprint density at radius 3 is 2.00 bits per heavy atom. The molecule has 92 valence electrons. The Kier molecular flexibility index (Phi) is 5.02. The summed E-state index contributed by atoms with van der Waals surface area (Å²) in [4.78, 5) is 3.32. The van der Waals surface area contributed by atoms with Crippen LogP contribution in [0.5, 0.6) is 0 Å². The first-order valence-electron chi connectivity index (χ1n) is 6.42. The Labute approximate surface area is 105 Å². The number of aromatic nitrogens is 1. The number of nitrogens with one attached hydrogen (secondary N) is 1. The Balaban J connectivity index is 0.000000686. The van der Waals surface area contributed by atoms with Gasteiger partial charge in [-0.15, -0.1) is 0 Å². The Morgan fingerprint density at radius 2 is 1.53 bits per heavy atom. The summed E-state index contributed by atoms with van der Waals surface area (Å²) in [7, 11) is 0. The molecule has 0 saturated carbocycles. The van der Waals surface area contributed by atoms with E-state index in [2.05, 4.69) is 62.3 Å². The van der Waals surface area contributed by atoms with Crippen molar-refractivity contribution in [3.05, 3.63) is 47.8 Å². The molecule has 2 rings (SSSR count). The molecule has 1 N–H and O–H groups in total. The first-order valence-corrected chi connectivity index (χ1v) is 6.42. The fourth-order valence-corrected chi connectivity index (χ4v) is 1.66. The molecule has 0 spiro atoms. The van der Waals surface area contributed by atoms with Crippen molar-refractivity contribution in [1.82, 2.24) is 4.98 Å². The van der Waals surface area contributed by atoms with Gasteiger partial charge in [-0.05, 0) is 30.0 Å². The zero-order valence-corrected chi connectivity index (χ0v) is 11.5. The van der Waals surface area contributed by atoms with Crippen LogP contribution in [0.25, 0.3) is 11.1 Å². The zero-order valence-electron chi connectivity index (χ0n) is 11.5. The lowest BCUT2D eigenvalue weighted by atomic mass is 10.1. The minimum atomic E-state index is 0.559. The fourth-order valence-electron chi connectivity index (χ4n) is 1.66. The molecule has 0 radical (unpaired) electrons. The molecule has 0 aliphatic rings. The summed E-state index contributed by atoms with van der Waals surface area (Å²) in [5.41, 5.74) is 5.16. The molecule has 0 bridgehead atoms. The standard InChI is InChI=1S/C14H17N.C2H6/c1-10(2)14-8-13(9-15-14)12-6-4-11(3)5-7-12;1-2/h4-10,15H,1-3H3;1-2H3. The van der Waals surface area contributed by atoms with Crippen LogP contribution in [0.2, 0.25) is 0 Å². The highest BCUT2D eigenvalue weighted by atomic mass is 14.7. The van der Waals surface area contributed by atoms with Crippen molar-refractivity contribution in [1.29, 1.82) is 0 Å². The molecule has 17 heavy (non-hydrogen) atoms. The van der Waals surface area contributed by atoms with Gasteiger partial charge < -0.3 is 4.98 Å². The van der Waals surface area contributed by atoms with E-state index < -0.39 is 0 Å². The van der Waals surface area contributed by atoms with E-state index in [9.17, 15) is 0 Å². The van der Waals surface area contributed by atoms with E-state index in [1.807, 2.05) is 13.8 Å². The number of hydrogen-bond donors (Lipinski definition) is 1. The van der Waals surface area contributed by atoms with Crippen molar-refractivity contribution in [2.75, 3.05) is 0 Å². The minimum absolute atomic E-state index is 0.559. The van der Waals surface area contributed by atoms with E-state index in [-0.39, 0.29) is 0 Å². The van der Waals surface area contributed by atoms with E-state index >= 15 is 0 Å². The van der Waals surface area contributed by atoms with Gasteiger partial charge in [0.1, 0.15) is 0 Å². The summed E-state index contributed by atoms with van der Waals surface area (Å²) in [5, 5.41) is 0. The Bertz CT molecular complexity index is 435. The van der Waals surface area contributed by atoms with Crippen LogP contribution in [0.1, 0.15) is 44.9 Å². The molecule has 1 heterocycles. The van der Waals surface area contributed by atoms with E-state index in [1.54, 1.807) is 0 Å². The number of aromatic amines is 1. The largest absolute Gasteiger partial charge is 0.364 e. The first-order chi connectivity index (χ1) is 8.16. The molecule has 0 aliphatic carbocycles. The number of hydrogen-bond acceptors (Lipinski definition) is 0. The maximum atomic E-state index is 3.32. The second kappa shape index (κ2) is 6.29. The SMILES string of the molecule is CC.Cc1ccc(-c2c[nH]c(C(C)C)c2)cc1. The highest BCUT2D eigenvalue weighted by molar-refractivity contribution is 5.63. The minimum Gasteiger partial charge on any atom is -0.364 e. The molecule has 0 saturated heterocycles. The zero-order chi connectivity index (χ0) is 12.8. The van der Waals surface area contributed by atoms with Crippen molar-refractivity contribution < 1.29 is 0 Å². The number of H-pyrrole nitrogens is 1. The molecule has 0 fully saturated rings. The third-order valence-electron chi connectivity index (χ3n) is 2.71. The molecular weight excluding hydrogens is 206 g/mol. The van der Waals surface area contributed by atoms with Crippen LogP contribution in [0.4, 0.5) is 0 Å². The lowest BCUT2D eigenvalue weighted by Gasteiger charge is -1.99. The summed E-state index contributed by atoms with van der Waals surface area (Å²) in [6.07, 6.45) is 2.08. The molecule has 1 heteroatoms. The Hall–Kier alpha value is -1.50. The molecular formula is C16H23N. The van der Waals surface area contributed by atoms with Gasteiger partial charge in [-0.2, -0.15) is 0 Å². The second-order valence-corrected chi connectivity index (χ2v) is 4.36. The molecule has 1 aromatic carbocycles. The first kappa shape index (κ1) is 13.6. The lowest BCUT2D eigenvalue weighted by Crippen LogP contribution is -1.84. The highest BCUT2D eigenvalue weighted by Gasteiger charge is 2.04. The van der Waals surface area contributed by atoms with Crippen LogP contribution in [0, 0.1) is 6.92 Å². The van der Waals surface area contributed by atoms with Crippen molar-refractivity contribution in [2.24, 2.45) is 0 Å². The average molecular weight is 229 g/mol. The van der Waals surface area contributed by atoms with Gasteiger partial charge in [0.05, 0.1) is 0 Å². The smallest absolute Gasteiger partial charge is 0.0179 e. The van der Waals surface area contributed by atoms with E-state index in [1.165, 1.54) is 22.4 Å². The van der Waals surface area contributed by atoms with Gasteiger partial charge >= 0.3 is 0 Å². The van der Waals surface area contributed by atoms with Gasteiger partial charge in [-0.3, -0.25) is 0 Å². The van der Waals surface area contributed by atoms with Crippen molar-refractivity contribution in [3.8, 4) is 11.1 Å². The maximum absolute atomic E-state index is 3.32. The second-order valence-electron chi connectivity index (χ2n) is 4.36. The number of benzene rings is 1. The van der Waals surface area contributed by atoms with Crippen LogP contribution in [0.3, 0.4) is 0 Å². The van der Waals surface area contributed by atoms with Gasteiger partial charge in [-0.25, -0.2) is 0 Å². The van der Waals surface area contributed by atoms with E-state index in [4.69, 9.17) is 0 Å². The molecule has 1 nitrogen and oxygen atoms in total. The summed E-state index contributed by atoms with van der Waals surface area (Å²) in [5.74, 6) is 0.559. The predicted octanol–water partition coefficient (Wildman–Crippen LogP) is 5.14. The number of aryl methyl sites for hydroxylation is 1. The van der Waals surface area contributed by atoms with Crippen LogP contribution >= 0.6 is 0 Å². The summed E-state index contributed by atoms with van der Waals surface area (Å²) in [6, 6.07) is 10.9. The van der Waals surface area contributed by atoms with Gasteiger partial charge in [0.2, 0.25) is 0 Å². The van der Waals surface area contributed by atoms with E-state index in [0.717, 1.165) is 0 Å². The molecule has 0 unspecified atom stereocenters. The Morgan fingerprint density at radius 1 is 0.941 bits per heavy atom. The van der Waals surface area contributed by atoms with E-state index in [0.29, 0.717) is 5.92 Å². The number of rotatable bonds is 2.